The number of hydrogen-bond donors (Lipinski definition) is 0. The summed E-state index contributed by atoms with van der Waals surface area (Å²) in [6, 6.07) is 2.28. The minimum absolute atomic E-state index is 0.0270. The first-order valence-corrected chi connectivity index (χ1v) is 12.1. The molecule has 0 N–H and O–H groups in total. The van der Waals surface area contributed by atoms with Gasteiger partial charge in [-0.3, -0.25) is 28.8 Å². The maximum Gasteiger partial charge on any atom is 0.205 e. The molecule has 7 nitrogen and oxygen atoms in total. The van der Waals surface area contributed by atoms with Crippen LogP contribution in [0.4, 0.5) is 0 Å². The highest BCUT2D eigenvalue weighted by Crippen LogP contribution is 2.60. The summed E-state index contributed by atoms with van der Waals surface area (Å²) in [4.78, 5) is 69.5. The number of nitrogens with zero attached hydrogens (tertiary/aromatic N) is 1. The van der Waals surface area contributed by atoms with Crippen molar-refractivity contribution in [3.05, 3.63) is 11.1 Å². The summed E-state index contributed by atoms with van der Waals surface area (Å²) in [5.41, 5.74) is -0.812. The van der Waals surface area contributed by atoms with Crippen LogP contribution in [0, 0.1) is 45.3 Å². The van der Waals surface area contributed by atoms with Crippen LogP contribution in [0.1, 0.15) is 79.1 Å². The van der Waals surface area contributed by atoms with Crippen molar-refractivity contribution >= 4 is 35.7 Å². The summed E-state index contributed by atoms with van der Waals surface area (Å²) in [6.45, 7) is 7.30. The molecule has 2 saturated carbocycles. The summed E-state index contributed by atoms with van der Waals surface area (Å²) >= 11 is 0. The van der Waals surface area contributed by atoms with Crippen molar-refractivity contribution < 1.29 is 28.8 Å². The molecule has 0 aromatic carbocycles. The van der Waals surface area contributed by atoms with Crippen molar-refractivity contribution in [1.29, 1.82) is 5.26 Å². The van der Waals surface area contributed by atoms with Crippen molar-refractivity contribution in [3.8, 4) is 6.07 Å². The number of fused-ring (bicyclic) bond motifs is 1. The molecule has 4 rings (SSSR count). The number of aldehydes is 2. The fraction of sp³-hybridized carbons (Fsp3) is 0.667. The Morgan fingerprint density at radius 3 is 2.15 bits per heavy atom. The van der Waals surface area contributed by atoms with Crippen LogP contribution in [0.2, 0.25) is 0 Å². The molecule has 0 aliphatic heterocycles. The highest BCUT2D eigenvalue weighted by Gasteiger charge is 2.63. The molecule has 0 amide bonds. The Balaban J connectivity index is 0.000000192. The zero-order valence-electron chi connectivity index (χ0n) is 20.4. The molecule has 2 fully saturated rings. The van der Waals surface area contributed by atoms with Crippen molar-refractivity contribution in [2.24, 2.45) is 34.0 Å². The summed E-state index contributed by atoms with van der Waals surface area (Å²) in [6.07, 6.45) is 6.03. The number of rotatable bonds is 4. The molecular weight excluding hydrogens is 434 g/mol. The molecule has 0 aromatic heterocycles. The molecule has 0 aromatic rings. The largest absolute Gasteiger partial charge is 0.299 e. The number of hydrogen-bond acceptors (Lipinski definition) is 7. The molecule has 0 radical (unpaired) electrons. The van der Waals surface area contributed by atoms with Gasteiger partial charge in [-0.25, -0.2) is 0 Å². The van der Waals surface area contributed by atoms with E-state index in [0.29, 0.717) is 50.2 Å². The number of allylic oxidation sites excluding steroid dienone is 2. The van der Waals surface area contributed by atoms with E-state index in [4.69, 9.17) is 0 Å². The molecule has 0 heterocycles. The molecule has 7 heteroatoms. The van der Waals surface area contributed by atoms with E-state index in [2.05, 4.69) is 6.07 Å². The number of carbonyl (C=O) groups excluding carboxylic acids is 6. The highest BCUT2D eigenvalue weighted by molar-refractivity contribution is 6.30. The lowest BCUT2D eigenvalue weighted by Gasteiger charge is -2.48. The first-order chi connectivity index (χ1) is 15.9. The van der Waals surface area contributed by atoms with Crippen LogP contribution in [0.25, 0.3) is 0 Å². The van der Waals surface area contributed by atoms with Crippen molar-refractivity contribution in [3.63, 3.8) is 0 Å². The van der Waals surface area contributed by atoms with Crippen molar-refractivity contribution in [2.45, 2.75) is 79.1 Å². The highest BCUT2D eigenvalue weighted by atomic mass is 16.2. The second-order valence-electron chi connectivity index (χ2n) is 10.9. The van der Waals surface area contributed by atoms with Crippen LogP contribution in [-0.4, -0.2) is 35.7 Å². The average Bonchev–Trinajstić information content (AvgIpc) is 3.39. The molecule has 0 spiro atoms. The molecule has 0 saturated heterocycles. The number of nitriles is 1. The second-order valence-corrected chi connectivity index (χ2v) is 10.9. The monoisotopic (exact) mass is 467 g/mol. The fourth-order valence-electron chi connectivity index (χ4n) is 6.90. The van der Waals surface area contributed by atoms with Gasteiger partial charge in [0, 0.05) is 29.7 Å². The van der Waals surface area contributed by atoms with Gasteiger partial charge in [-0.05, 0) is 57.3 Å². The van der Waals surface area contributed by atoms with Crippen LogP contribution in [-0.2, 0) is 28.8 Å². The molecule has 4 aliphatic carbocycles. The quantitative estimate of drug-likeness (QED) is 0.457. The third-order valence-electron chi connectivity index (χ3n) is 9.49. The van der Waals surface area contributed by atoms with Crippen molar-refractivity contribution in [1.82, 2.24) is 0 Å². The van der Waals surface area contributed by atoms with Gasteiger partial charge in [0.25, 0.3) is 0 Å². The Morgan fingerprint density at radius 1 is 0.912 bits per heavy atom. The smallest absolute Gasteiger partial charge is 0.205 e. The summed E-state index contributed by atoms with van der Waals surface area (Å²) in [7, 11) is 0. The lowest BCUT2D eigenvalue weighted by Crippen LogP contribution is -2.53. The fourth-order valence-corrected chi connectivity index (χ4v) is 6.90. The Hall–Kier alpha value is -2.75. The first-order valence-electron chi connectivity index (χ1n) is 12.1. The van der Waals surface area contributed by atoms with Crippen LogP contribution in [0.5, 0.6) is 0 Å². The zero-order chi connectivity index (χ0) is 25.5. The lowest BCUT2D eigenvalue weighted by molar-refractivity contribution is -0.150. The third-order valence-corrected chi connectivity index (χ3v) is 9.49. The predicted molar refractivity (Wildman–Crippen MR) is 122 cm³/mol. The van der Waals surface area contributed by atoms with E-state index >= 15 is 0 Å². The molecule has 4 aliphatic rings. The van der Waals surface area contributed by atoms with Crippen LogP contribution < -0.4 is 0 Å². The maximum atomic E-state index is 12.1. The van der Waals surface area contributed by atoms with E-state index in [0.717, 1.165) is 24.8 Å². The van der Waals surface area contributed by atoms with E-state index in [-0.39, 0.29) is 23.4 Å². The van der Waals surface area contributed by atoms with Crippen molar-refractivity contribution in [2.75, 3.05) is 0 Å². The normalized spacial score (nSPS) is 38.7. The van der Waals surface area contributed by atoms with E-state index in [1.807, 2.05) is 13.8 Å². The zero-order valence-corrected chi connectivity index (χ0v) is 20.4. The number of Topliss-reactive ketones (excluding diaryl/α,β-unsaturated/α-hetero) is 4. The minimum atomic E-state index is -0.997. The summed E-state index contributed by atoms with van der Waals surface area (Å²) in [5.74, 6) is -1.50. The Labute approximate surface area is 200 Å². The van der Waals surface area contributed by atoms with Gasteiger partial charge in [-0.15, -0.1) is 0 Å². The van der Waals surface area contributed by atoms with Gasteiger partial charge in [-0.1, -0.05) is 26.3 Å². The van der Waals surface area contributed by atoms with E-state index in [1.54, 1.807) is 13.8 Å². The maximum absolute atomic E-state index is 12.1. The minimum Gasteiger partial charge on any atom is -0.299 e. The Morgan fingerprint density at radius 2 is 1.56 bits per heavy atom. The second kappa shape index (κ2) is 9.13. The van der Waals surface area contributed by atoms with Gasteiger partial charge in [0.1, 0.15) is 5.78 Å². The topological polar surface area (TPSA) is 126 Å². The van der Waals surface area contributed by atoms with Gasteiger partial charge in [0.2, 0.25) is 11.6 Å². The van der Waals surface area contributed by atoms with Gasteiger partial charge in [0.05, 0.1) is 16.9 Å². The Kier molecular flexibility index (Phi) is 6.94. The molecule has 0 unspecified atom stereocenters. The van der Waals surface area contributed by atoms with E-state index in [1.165, 1.54) is 0 Å². The van der Waals surface area contributed by atoms with Crippen LogP contribution in [0.3, 0.4) is 0 Å². The lowest BCUT2D eigenvalue weighted by atomic mass is 9.51. The SMILES string of the molecule is C[C@@H]1CCC2=C(C(=O)CC2)[C@]1(C)C(=O)C=O.C[C@@H]1CC[C@@]2(C#N)CCC(=O)[C@H]2[C@]1(C)C(=O)C=O. The predicted octanol–water partition coefficient (Wildman–Crippen LogP) is 3.53. The van der Waals surface area contributed by atoms with Crippen LogP contribution in [0.15, 0.2) is 11.1 Å². The molecule has 34 heavy (non-hydrogen) atoms. The van der Waals surface area contributed by atoms with E-state index < -0.39 is 33.7 Å². The van der Waals surface area contributed by atoms with E-state index in [9.17, 15) is 34.0 Å². The molecule has 0 bridgehead atoms. The average molecular weight is 468 g/mol. The van der Waals surface area contributed by atoms with Gasteiger partial charge in [-0.2, -0.15) is 5.26 Å². The number of ketones is 4. The summed E-state index contributed by atoms with van der Waals surface area (Å²) in [5, 5.41) is 9.44. The first kappa shape index (κ1) is 25.9. The molecular formula is C27H33NO6. The van der Waals surface area contributed by atoms with Gasteiger partial charge >= 0.3 is 0 Å². The molecule has 6 atom stereocenters. The number of carbonyl (C=O) groups is 6. The molecule has 182 valence electrons. The van der Waals surface area contributed by atoms with Gasteiger partial charge in [0.15, 0.2) is 18.4 Å². The standard InChI is InChI=1S/C14H17NO3.C13H16O3/c1-9-3-5-14(8-15)6-4-10(17)12(14)13(9,2)11(18)7-16;1-8-3-4-9-5-6-10(15)12(9)13(8,2)11(16)7-14/h7,9,12H,3-6H2,1-2H3;7-8H,3-6H2,1-2H3/t9-,12+,13+,14+;8-,13+/m11/s1. The summed E-state index contributed by atoms with van der Waals surface area (Å²) < 4.78 is 0. The van der Waals surface area contributed by atoms with Crippen LogP contribution >= 0.6 is 0 Å². The van der Waals surface area contributed by atoms with Gasteiger partial charge < -0.3 is 0 Å². The third kappa shape index (κ3) is 3.62. The Bertz CT molecular complexity index is 1030.